The molecule has 0 bridgehead atoms. The van der Waals surface area contributed by atoms with Crippen LogP contribution >= 0.6 is 0 Å². The third-order valence-corrected chi connectivity index (χ3v) is 3.68. The lowest BCUT2D eigenvalue weighted by atomic mass is 10.1. The number of hydrogen-bond donors (Lipinski definition) is 0. The van der Waals surface area contributed by atoms with Crippen molar-refractivity contribution in [2.75, 3.05) is 19.7 Å². The van der Waals surface area contributed by atoms with Crippen molar-refractivity contribution in [3.8, 4) is 5.75 Å². The van der Waals surface area contributed by atoms with Crippen LogP contribution < -0.4 is 4.74 Å². The normalized spacial score (nSPS) is 17.5. The highest BCUT2D eigenvalue weighted by atomic mass is 19.1. The number of amides is 1. The molecular formula is C15H15F2N3O3. The maximum absolute atomic E-state index is 13.4. The number of halogens is 2. The van der Waals surface area contributed by atoms with Crippen LogP contribution in [-0.4, -0.2) is 40.6 Å². The van der Waals surface area contributed by atoms with Crippen molar-refractivity contribution in [3.05, 3.63) is 41.5 Å². The number of ether oxygens (including phenoxy) is 1. The lowest BCUT2D eigenvalue weighted by Gasteiger charge is -2.16. The van der Waals surface area contributed by atoms with Crippen LogP contribution in [0.1, 0.15) is 24.1 Å². The molecule has 1 aliphatic rings. The first-order chi connectivity index (χ1) is 11.0. The fourth-order valence-electron chi connectivity index (χ4n) is 2.49. The van der Waals surface area contributed by atoms with Gasteiger partial charge in [0.05, 0.1) is 5.92 Å². The summed E-state index contributed by atoms with van der Waals surface area (Å²) in [5, 5.41) is 3.74. The van der Waals surface area contributed by atoms with Crippen molar-refractivity contribution in [2.24, 2.45) is 0 Å². The van der Waals surface area contributed by atoms with Crippen LogP contribution in [0.25, 0.3) is 0 Å². The molecule has 1 fully saturated rings. The van der Waals surface area contributed by atoms with Gasteiger partial charge < -0.3 is 14.2 Å². The van der Waals surface area contributed by atoms with Gasteiger partial charge in [0, 0.05) is 19.2 Å². The van der Waals surface area contributed by atoms with E-state index < -0.39 is 11.6 Å². The Morgan fingerprint density at radius 3 is 3.00 bits per heavy atom. The van der Waals surface area contributed by atoms with E-state index in [4.69, 9.17) is 9.26 Å². The third kappa shape index (κ3) is 3.46. The van der Waals surface area contributed by atoms with E-state index in [0.717, 1.165) is 18.6 Å². The first-order valence-electron chi connectivity index (χ1n) is 7.19. The number of aryl methyl sites for hydroxylation is 1. The molecule has 0 radical (unpaired) electrons. The Bertz CT molecular complexity index is 720. The molecule has 3 rings (SSSR count). The smallest absolute Gasteiger partial charge is 0.260 e. The van der Waals surface area contributed by atoms with Gasteiger partial charge in [-0.2, -0.15) is 4.98 Å². The van der Waals surface area contributed by atoms with Gasteiger partial charge in [0.25, 0.3) is 5.91 Å². The van der Waals surface area contributed by atoms with Crippen LogP contribution in [0.4, 0.5) is 8.78 Å². The van der Waals surface area contributed by atoms with E-state index in [0.29, 0.717) is 30.9 Å². The highest BCUT2D eigenvalue weighted by Gasteiger charge is 2.31. The number of nitrogens with zero attached hydrogens (tertiary/aromatic N) is 3. The standard InChI is InChI=1S/C15H15F2N3O3/c1-9-18-15(23-19-9)10-4-5-20(7-10)14(21)8-22-13-3-2-11(16)6-12(13)17/h2-3,6,10H,4-5,7-8H2,1H3/t10-/m1/s1. The maximum Gasteiger partial charge on any atom is 0.260 e. The second kappa shape index (κ2) is 6.31. The molecule has 0 unspecified atom stereocenters. The van der Waals surface area contributed by atoms with Crippen molar-refractivity contribution < 1.29 is 22.8 Å². The number of hydrogen-bond acceptors (Lipinski definition) is 5. The summed E-state index contributed by atoms with van der Waals surface area (Å²) in [6, 6.07) is 2.95. The summed E-state index contributed by atoms with van der Waals surface area (Å²) < 4.78 is 36.5. The van der Waals surface area contributed by atoms with Crippen LogP contribution in [0.5, 0.6) is 5.75 Å². The van der Waals surface area contributed by atoms with Crippen LogP contribution in [0.3, 0.4) is 0 Å². The number of carbonyl (C=O) groups is 1. The largest absolute Gasteiger partial charge is 0.481 e. The zero-order valence-corrected chi connectivity index (χ0v) is 12.5. The number of likely N-dealkylation sites (tertiary alicyclic amines) is 1. The fourth-order valence-corrected chi connectivity index (χ4v) is 2.49. The van der Waals surface area contributed by atoms with Crippen LogP contribution in [0.2, 0.25) is 0 Å². The van der Waals surface area contributed by atoms with Crippen LogP contribution in [0, 0.1) is 18.6 Å². The number of aromatic nitrogens is 2. The Labute approximate surface area is 131 Å². The van der Waals surface area contributed by atoms with E-state index >= 15 is 0 Å². The SMILES string of the molecule is Cc1noc([C@@H]2CCN(C(=O)COc3ccc(F)cc3F)C2)n1. The Morgan fingerprint density at radius 2 is 2.30 bits per heavy atom. The van der Waals surface area contributed by atoms with Gasteiger partial charge in [-0.1, -0.05) is 5.16 Å². The summed E-state index contributed by atoms with van der Waals surface area (Å²) in [7, 11) is 0. The van der Waals surface area contributed by atoms with E-state index in [2.05, 4.69) is 10.1 Å². The summed E-state index contributed by atoms with van der Waals surface area (Å²) in [5.74, 6) is -0.877. The lowest BCUT2D eigenvalue weighted by molar-refractivity contribution is -0.132. The molecule has 1 aromatic heterocycles. The minimum Gasteiger partial charge on any atom is -0.481 e. The summed E-state index contributed by atoms with van der Waals surface area (Å²) in [5.41, 5.74) is 0. The second-order valence-electron chi connectivity index (χ2n) is 5.37. The molecule has 1 aromatic carbocycles. The quantitative estimate of drug-likeness (QED) is 0.861. The Hall–Kier alpha value is -2.51. The van der Waals surface area contributed by atoms with Gasteiger partial charge in [0.15, 0.2) is 24.0 Å². The lowest BCUT2D eigenvalue weighted by Crippen LogP contribution is -2.33. The average molecular weight is 323 g/mol. The number of rotatable bonds is 4. The van der Waals surface area contributed by atoms with Crippen LogP contribution in [-0.2, 0) is 4.79 Å². The van der Waals surface area contributed by atoms with Gasteiger partial charge in [-0.15, -0.1) is 0 Å². The zero-order valence-electron chi connectivity index (χ0n) is 12.5. The van der Waals surface area contributed by atoms with Crippen LogP contribution in [0.15, 0.2) is 22.7 Å². The molecule has 2 aromatic rings. The van der Waals surface area contributed by atoms with Gasteiger partial charge in [-0.3, -0.25) is 4.79 Å². The average Bonchev–Trinajstić information content (AvgIpc) is 3.14. The molecule has 8 heteroatoms. The van der Waals surface area contributed by atoms with Crippen molar-refractivity contribution in [1.82, 2.24) is 15.0 Å². The molecule has 0 spiro atoms. The second-order valence-corrected chi connectivity index (χ2v) is 5.37. The summed E-state index contributed by atoms with van der Waals surface area (Å²) >= 11 is 0. The van der Waals surface area contributed by atoms with Gasteiger partial charge in [-0.05, 0) is 25.5 Å². The van der Waals surface area contributed by atoms with Gasteiger partial charge >= 0.3 is 0 Å². The molecule has 1 atom stereocenters. The maximum atomic E-state index is 13.4. The predicted octanol–water partition coefficient (Wildman–Crippen LogP) is 2.05. The Balaban J connectivity index is 1.55. The van der Waals surface area contributed by atoms with Gasteiger partial charge in [0.2, 0.25) is 5.89 Å². The molecule has 23 heavy (non-hydrogen) atoms. The van der Waals surface area contributed by atoms with E-state index in [9.17, 15) is 13.6 Å². The highest BCUT2D eigenvalue weighted by molar-refractivity contribution is 5.78. The van der Waals surface area contributed by atoms with E-state index in [1.807, 2.05) is 0 Å². The summed E-state index contributed by atoms with van der Waals surface area (Å²) in [4.78, 5) is 17.9. The van der Waals surface area contributed by atoms with Crippen molar-refractivity contribution in [3.63, 3.8) is 0 Å². The first kappa shape index (κ1) is 15.4. The van der Waals surface area contributed by atoms with Crippen molar-refractivity contribution >= 4 is 5.91 Å². The topological polar surface area (TPSA) is 68.5 Å². The van der Waals surface area contributed by atoms with E-state index in [1.54, 1.807) is 11.8 Å². The molecule has 0 aliphatic carbocycles. The first-order valence-corrected chi connectivity index (χ1v) is 7.19. The zero-order chi connectivity index (χ0) is 16.4. The molecule has 6 nitrogen and oxygen atoms in total. The number of carbonyl (C=O) groups excluding carboxylic acids is 1. The van der Waals surface area contributed by atoms with E-state index in [-0.39, 0.29) is 24.2 Å². The molecule has 1 saturated heterocycles. The monoisotopic (exact) mass is 323 g/mol. The molecule has 2 heterocycles. The van der Waals surface area contributed by atoms with Crippen molar-refractivity contribution in [1.29, 1.82) is 0 Å². The third-order valence-electron chi connectivity index (χ3n) is 3.68. The molecule has 0 saturated carbocycles. The molecule has 122 valence electrons. The number of benzene rings is 1. The highest BCUT2D eigenvalue weighted by Crippen LogP contribution is 2.26. The Morgan fingerprint density at radius 1 is 1.48 bits per heavy atom. The summed E-state index contributed by atoms with van der Waals surface area (Å²) in [6.45, 7) is 2.42. The summed E-state index contributed by atoms with van der Waals surface area (Å²) in [6.07, 6.45) is 0.721. The van der Waals surface area contributed by atoms with Gasteiger partial charge in [-0.25, -0.2) is 8.78 Å². The fraction of sp³-hybridized carbons (Fsp3) is 0.400. The predicted molar refractivity (Wildman–Crippen MR) is 74.8 cm³/mol. The Kier molecular flexibility index (Phi) is 4.22. The molecular weight excluding hydrogens is 308 g/mol. The minimum atomic E-state index is -0.835. The molecule has 1 amide bonds. The molecule has 1 aliphatic heterocycles. The molecule has 0 N–H and O–H groups in total. The van der Waals surface area contributed by atoms with Gasteiger partial charge in [0.1, 0.15) is 5.82 Å². The van der Waals surface area contributed by atoms with Crippen molar-refractivity contribution in [2.45, 2.75) is 19.3 Å². The van der Waals surface area contributed by atoms with E-state index in [1.165, 1.54) is 0 Å². The minimum absolute atomic E-state index is 0.00251.